The Kier molecular flexibility index (Phi) is 7.08. The van der Waals surface area contributed by atoms with Gasteiger partial charge in [0.2, 0.25) is 0 Å². The van der Waals surface area contributed by atoms with Gasteiger partial charge in [0.25, 0.3) is 0 Å². The van der Waals surface area contributed by atoms with Crippen LogP contribution in [-0.4, -0.2) is 48.4 Å². The summed E-state index contributed by atoms with van der Waals surface area (Å²) >= 11 is 5.86. The summed E-state index contributed by atoms with van der Waals surface area (Å²) in [7, 11) is 1.69. The van der Waals surface area contributed by atoms with Crippen LogP contribution in [0.3, 0.4) is 0 Å². The van der Waals surface area contributed by atoms with Crippen LogP contribution in [0.25, 0.3) is 0 Å². The highest BCUT2D eigenvalue weighted by molar-refractivity contribution is 6.30. The SMILES string of the molecule is COCCCNCC1=Nc2nccc(/C(Cc3ccc(F)c(Cl)c3)=N/O)c2C1. The number of halogens is 2. The van der Waals surface area contributed by atoms with Crippen LogP contribution in [0.15, 0.2) is 40.6 Å². The highest BCUT2D eigenvalue weighted by atomic mass is 35.5. The number of hydrogen-bond acceptors (Lipinski definition) is 6. The Hall–Kier alpha value is -2.35. The minimum atomic E-state index is -0.478. The van der Waals surface area contributed by atoms with Crippen LogP contribution in [0, 0.1) is 5.82 Å². The summed E-state index contributed by atoms with van der Waals surface area (Å²) in [6.45, 7) is 2.23. The largest absolute Gasteiger partial charge is 0.411 e. The molecule has 0 saturated heterocycles. The molecule has 1 aliphatic rings. The zero-order valence-electron chi connectivity index (χ0n) is 15.6. The predicted octanol–water partition coefficient (Wildman–Crippen LogP) is 3.55. The third kappa shape index (κ3) is 4.92. The van der Waals surface area contributed by atoms with Crippen molar-refractivity contribution in [3.63, 3.8) is 0 Å². The van der Waals surface area contributed by atoms with Gasteiger partial charge in [0.1, 0.15) is 5.82 Å². The molecular weight excluding hydrogens is 383 g/mol. The fourth-order valence-electron chi connectivity index (χ4n) is 3.12. The molecule has 0 aliphatic carbocycles. The highest BCUT2D eigenvalue weighted by Crippen LogP contribution is 2.28. The minimum Gasteiger partial charge on any atom is -0.411 e. The van der Waals surface area contributed by atoms with Crippen molar-refractivity contribution in [2.24, 2.45) is 10.1 Å². The first kappa shape index (κ1) is 20.4. The van der Waals surface area contributed by atoms with E-state index >= 15 is 0 Å². The van der Waals surface area contributed by atoms with Gasteiger partial charge in [0, 0.05) is 56.1 Å². The second-order valence-corrected chi connectivity index (χ2v) is 6.92. The number of aromatic nitrogens is 1. The molecule has 0 fully saturated rings. The van der Waals surface area contributed by atoms with Crippen LogP contribution < -0.4 is 5.32 Å². The Morgan fingerprint density at radius 1 is 1.39 bits per heavy atom. The number of nitrogens with one attached hydrogen (secondary N) is 1. The summed E-state index contributed by atoms with van der Waals surface area (Å²) in [5, 5.41) is 16.4. The molecule has 2 N–H and O–H groups in total. The Bertz CT molecular complexity index is 902. The van der Waals surface area contributed by atoms with Gasteiger partial charge < -0.3 is 15.3 Å². The van der Waals surface area contributed by atoms with E-state index in [-0.39, 0.29) is 5.02 Å². The maximum atomic E-state index is 13.4. The minimum absolute atomic E-state index is 0.0416. The first-order chi connectivity index (χ1) is 13.6. The number of ether oxygens (including phenoxy) is 1. The lowest BCUT2D eigenvalue weighted by molar-refractivity contribution is 0.195. The second kappa shape index (κ2) is 9.73. The lowest BCUT2D eigenvalue weighted by Gasteiger charge is -2.10. The normalized spacial score (nSPS) is 13.5. The Morgan fingerprint density at radius 2 is 2.25 bits per heavy atom. The van der Waals surface area contributed by atoms with Gasteiger partial charge in [-0.15, -0.1) is 0 Å². The van der Waals surface area contributed by atoms with Gasteiger partial charge in [-0.25, -0.2) is 14.4 Å². The van der Waals surface area contributed by atoms with E-state index in [1.165, 1.54) is 12.1 Å². The van der Waals surface area contributed by atoms with Crippen molar-refractivity contribution in [1.82, 2.24) is 10.3 Å². The third-order valence-electron chi connectivity index (χ3n) is 4.50. The van der Waals surface area contributed by atoms with Gasteiger partial charge in [0.05, 0.1) is 10.7 Å². The Morgan fingerprint density at radius 3 is 3.00 bits per heavy atom. The molecule has 0 radical (unpaired) electrons. The molecule has 148 valence electrons. The van der Waals surface area contributed by atoms with E-state index in [0.29, 0.717) is 30.9 Å². The molecule has 0 unspecified atom stereocenters. The van der Waals surface area contributed by atoms with Crippen molar-refractivity contribution in [1.29, 1.82) is 0 Å². The smallest absolute Gasteiger partial charge is 0.156 e. The fraction of sp³-hybridized carbons (Fsp3) is 0.350. The van der Waals surface area contributed by atoms with E-state index in [9.17, 15) is 9.60 Å². The molecule has 0 saturated carbocycles. The number of benzene rings is 1. The monoisotopic (exact) mass is 404 g/mol. The van der Waals surface area contributed by atoms with Crippen molar-refractivity contribution >= 4 is 28.8 Å². The average molecular weight is 405 g/mol. The number of oxime groups is 1. The number of rotatable bonds is 9. The van der Waals surface area contributed by atoms with Crippen molar-refractivity contribution < 1.29 is 14.3 Å². The molecule has 3 rings (SSSR count). The molecule has 6 nitrogen and oxygen atoms in total. The maximum Gasteiger partial charge on any atom is 0.156 e. The standard InChI is InChI=1S/C20H22ClFN4O2/c1-28-8-2-6-23-12-14-11-16-15(5-7-24-20(16)25-14)19(26-27)10-13-3-4-18(22)17(21)9-13/h3-5,7,9,23,27H,2,6,8,10-12H2,1H3/b26-19+. The number of fused-ring (bicyclic) bond motifs is 1. The third-order valence-corrected chi connectivity index (χ3v) is 4.79. The Labute approximate surface area is 168 Å². The van der Waals surface area contributed by atoms with Crippen LogP contribution in [0.1, 0.15) is 23.1 Å². The summed E-state index contributed by atoms with van der Waals surface area (Å²) in [4.78, 5) is 8.92. The van der Waals surface area contributed by atoms with Crippen molar-refractivity contribution in [3.8, 4) is 0 Å². The molecule has 2 heterocycles. The van der Waals surface area contributed by atoms with Crippen molar-refractivity contribution in [2.75, 3.05) is 26.8 Å². The number of nitrogens with zero attached hydrogens (tertiary/aromatic N) is 3. The summed E-state index contributed by atoms with van der Waals surface area (Å²) < 4.78 is 18.4. The zero-order valence-corrected chi connectivity index (χ0v) is 16.3. The van der Waals surface area contributed by atoms with Crippen LogP contribution in [0.2, 0.25) is 5.02 Å². The first-order valence-electron chi connectivity index (χ1n) is 9.01. The van der Waals surface area contributed by atoms with Gasteiger partial charge in [-0.2, -0.15) is 0 Å². The van der Waals surface area contributed by atoms with Gasteiger partial charge in [0.15, 0.2) is 5.82 Å². The molecule has 8 heteroatoms. The molecule has 1 aromatic heterocycles. The fourth-order valence-corrected chi connectivity index (χ4v) is 3.32. The average Bonchev–Trinajstić information content (AvgIpc) is 3.12. The summed E-state index contributed by atoms with van der Waals surface area (Å²) in [5.74, 6) is 0.165. The van der Waals surface area contributed by atoms with Crippen LogP contribution in [0.5, 0.6) is 0 Å². The number of methoxy groups -OCH3 is 1. The molecule has 0 atom stereocenters. The first-order valence-corrected chi connectivity index (χ1v) is 9.39. The van der Waals surface area contributed by atoms with Crippen LogP contribution >= 0.6 is 11.6 Å². The van der Waals surface area contributed by atoms with E-state index in [4.69, 9.17) is 16.3 Å². The van der Waals surface area contributed by atoms with Gasteiger partial charge in [-0.1, -0.05) is 22.8 Å². The molecular formula is C20H22ClFN4O2. The predicted molar refractivity (Wildman–Crippen MR) is 108 cm³/mol. The summed E-state index contributed by atoms with van der Waals surface area (Å²) in [6.07, 6.45) is 3.54. The second-order valence-electron chi connectivity index (χ2n) is 6.51. The van der Waals surface area contributed by atoms with Gasteiger partial charge >= 0.3 is 0 Å². The number of hydrogen-bond donors (Lipinski definition) is 2. The number of pyridine rings is 1. The van der Waals surface area contributed by atoms with Crippen LogP contribution in [-0.2, 0) is 17.6 Å². The number of aliphatic imine (C=N–C) groups is 1. The maximum absolute atomic E-state index is 13.4. The quantitative estimate of drug-likeness (QED) is 0.290. The zero-order chi connectivity index (χ0) is 19.9. The highest BCUT2D eigenvalue weighted by Gasteiger charge is 2.22. The lowest BCUT2D eigenvalue weighted by Crippen LogP contribution is -2.25. The molecule has 0 amide bonds. The van der Waals surface area contributed by atoms with E-state index in [2.05, 4.69) is 20.4 Å². The molecule has 1 aromatic carbocycles. The molecule has 0 bridgehead atoms. The Balaban J connectivity index is 1.70. The molecule has 0 spiro atoms. The van der Waals surface area contributed by atoms with E-state index in [1.807, 2.05) is 6.07 Å². The van der Waals surface area contributed by atoms with Crippen molar-refractivity contribution in [3.05, 3.63) is 58.0 Å². The molecule has 1 aliphatic heterocycles. The summed E-state index contributed by atoms with van der Waals surface area (Å²) in [5.41, 5.74) is 3.91. The topological polar surface area (TPSA) is 79.1 Å². The van der Waals surface area contributed by atoms with E-state index in [1.54, 1.807) is 19.4 Å². The van der Waals surface area contributed by atoms with Gasteiger partial charge in [-0.05, 0) is 36.7 Å². The lowest BCUT2D eigenvalue weighted by atomic mass is 9.97. The summed E-state index contributed by atoms with van der Waals surface area (Å²) in [6, 6.07) is 6.28. The van der Waals surface area contributed by atoms with E-state index in [0.717, 1.165) is 42.0 Å². The van der Waals surface area contributed by atoms with Crippen molar-refractivity contribution in [2.45, 2.75) is 19.3 Å². The van der Waals surface area contributed by atoms with Gasteiger partial charge in [-0.3, -0.25) is 0 Å². The van der Waals surface area contributed by atoms with E-state index < -0.39 is 5.82 Å². The molecule has 28 heavy (non-hydrogen) atoms. The van der Waals surface area contributed by atoms with Crippen LogP contribution in [0.4, 0.5) is 10.2 Å². The molecule has 2 aromatic rings.